The van der Waals surface area contributed by atoms with Gasteiger partial charge in [-0.05, 0) is 33.4 Å². The maximum Gasteiger partial charge on any atom is 0.167 e. The van der Waals surface area contributed by atoms with Crippen LogP contribution in [-0.2, 0) is 9.47 Å². The summed E-state index contributed by atoms with van der Waals surface area (Å²) in [4.78, 5) is 2.40. The van der Waals surface area contributed by atoms with Crippen molar-refractivity contribution in [2.24, 2.45) is 0 Å². The molecule has 4 nitrogen and oxygen atoms in total. The monoisotopic (exact) mass is 238 g/mol. The van der Waals surface area contributed by atoms with Crippen molar-refractivity contribution in [3.63, 3.8) is 0 Å². The topological polar surface area (TPSA) is 45.5 Å². The summed E-state index contributed by atoms with van der Waals surface area (Å²) >= 11 is 0. The maximum atomic E-state index is 8.67. The highest BCUT2D eigenvalue weighted by Crippen LogP contribution is 2.32. The highest BCUT2D eigenvalue weighted by molar-refractivity contribution is 4.86. The van der Waals surface area contributed by atoms with Crippen molar-refractivity contribution >= 4 is 0 Å². The molecule has 0 aromatic rings. The molecule has 0 aromatic heterocycles. The molecule has 2 saturated heterocycles. The number of piperidine rings is 1. The minimum absolute atomic E-state index is 0.0427. The first kappa shape index (κ1) is 12.8. The van der Waals surface area contributed by atoms with Crippen LogP contribution in [0, 0.1) is 11.3 Å². The Bertz CT molecular complexity index is 302. The summed E-state index contributed by atoms with van der Waals surface area (Å²) in [6.45, 7) is 3.73. The van der Waals surface area contributed by atoms with Crippen LogP contribution in [0.4, 0.5) is 0 Å². The third kappa shape index (κ3) is 3.19. The normalized spacial score (nSPS) is 39.1. The molecule has 0 amide bonds. The predicted molar refractivity (Wildman–Crippen MR) is 64.3 cm³/mol. The van der Waals surface area contributed by atoms with Crippen molar-refractivity contribution in [3.05, 3.63) is 0 Å². The second kappa shape index (κ2) is 5.34. The summed E-state index contributed by atoms with van der Waals surface area (Å²) < 4.78 is 11.6. The smallest absolute Gasteiger partial charge is 0.167 e. The summed E-state index contributed by atoms with van der Waals surface area (Å²) in [6, 6.07) is 2.69. The molecule has 0 aliphatic carbocycles. The first-order valence-electron chi connectivity index (χ1n) is 6.52. The van der Waals surface area contributed by atoms with Crippen molar-refractivity contribution in [3.8, 4) is 6.07 Å². The highest BCUT2D eigenvalue weighted by atomic mass is 16.7. The van der Waals surface area contributed by atoms with Crippen LogP contribution in [0.5, 0.6) is 0 Å². The fraction of sp³-hybridized carbons (Fsp3) is 0.923. The van der Waals surface area contributed by atoms with E-state index in [0.29, 0.717) is 19.1 Å². The Kier molecular flexibility index (Phi) is 4.03. The van der Waals surface area contributed by atoms with Gasteiger partial charge in [0.1, 0.15) is 0 Å². The molecule has 2 rings (SSSR count). The van der Waals surface area contributed by atoms with E-state index in [1.165, 1.54) is 25.8 Å². The van der Waals surface area contributed by atoms with E-state index in [2.05, 4.69) is 18.0 Å². The summed E-state index contributed by atoms with van der Waals surface area (Å²) in [5, 5.41) is 8.67. The lowest BCUT2D eigenvalue weighted by molar-refractivity contribution is -0.168. The molecule has 17 heavy (non-hydrogen) atoms. The van der Waals surface area contributed by atoms with Gasteiger partial charge in [-0.3, -0.25) is 0 Å². The lowest BCUT2D eigenvalue weighted by Gasteiger charge is -2.37. The first-order chi connectivity index (χ1) is 8.13. The number of likely N-dealkylation sites (tertiary alicyclic amines) is 1. The molecule has 0 aromatic carbocycles. The lowest BCUT2D eigenvalue weighted by atomic mass is 9.96. The van der Waals surface area contributed by atoms with E-state index in [1.54, 1.807) is 0 Å². The number of nitriles is 1. The van der Waals surface area contributed by atoms with Crippen LogP contribution < -0.4 is 0 Å². The van der Waals surface area contributed by atoms with Gasteiger partial charge in [0.05, 0.1) is 25.2 Å². The maximum absolute atomic E-state index is 8.67. The van der Waals surface area contributed by atoms with Gasteiger partial charge in [0.25, 0.3) is 0 Å². The third-order valence-electron chi connectivity index (χ3n) is 3.84. The van der Waals surface area contributed by atoms with Crippen LogP contribution in [0.15, 0.2) is 0 Å². The zero-order valence-corrected chi connectivity index (χ0v) is 10.8. The minimum atomic E-state index is -0.488. The number of ether oxygens (including phenoxy) is 2. The van der Waals surface area contributed by atoms with E-state index in [4.69, 9.17) is 14.7 Å². The molecule has 96 valence electrons. The second-order valence-electron chi connectivity index (χ2n) is 5.38. The van der Waals surface area contributed by atoms with Gasteiger partial charge in [-0.15, -0.1) is 0 Å². The van der Waals surface area contributed by atoms with Gasteiger partial charge in [0.15, 0.2) is 5.79 Å². The Morgan fingerprint density at radius 1 is 1.47 bits per heavy atom. The summed E-state index contributed by atoms with van der Waals surface area (Å²) in [7, 11) is 2.18. The number of hydrogen-bond acceptors (Lipinski definition) is 4. The van der Waals surface area contributed by atoms with Crippen LogP contribution in [0.3, 0.4) is 0 Å². The molecule has 3 unspecified atom stereocenters. The minimum Gasteiger partial charge on any atom is -0.347 e. The molecule has 3 atom stereocenters. The molecule has 0 N–H and O–H groups in total. The van der Waals surface area contributed by atoms with Gasteiger partial charge in [-0.2, -0.15) is 5.26 Å². The van der Waals surface area contributed by atoms with Crippen LogP contribution in [0.1, 0.15) is 39.0 Å². The largest absolute Gasteiger partial charge is 0.347 e. The van der Waals surface area contributed by atoms with Gasteiger partial charge < -0.3 is 14.4 Å². The Balaban J connectivity index is 1.87. The Labute approximate surface area is 103 Å². The zero-order valence-electron chi connectivity index (χ0n) is 10.8. The Hall–Kier alpha value is -0.630. The van der Waals surface area contributed by atoms with Crippen molar-refractivity contribution < 1.29 is 9.47 Å². The average molecular weight is 238 g/mol. The Morgan fingerprint density at radius 3 is 3.00 bits per heavy atom. The number of rotatable bonds is 3. The molecule has 0 bridgehead atoms. The molecule has 2 fully saturated rings. The van der Waals surface area contributed by atoms with Crippen molar-refractivity contribution in [2.75, 3.05) is 20.2 Å². The van der Waals surface area contributed by atoms with E-state index in [-0.39, 0.29) is 6.10 Å². The van der Waals surface area contributed by atoms with Crippen LogP contribution >= 0.6 is 0 Å². The van der Waals surface area contributed by atoms with Gasteiger partial charge in [-0.1, -0.05) is 6.42 Å². The van der Waals surface area contributed by atoms with Gasteiger partial charge in [-0.25, -0.2) is 0 Å². The Morgan fingerprint density at radius 2 is 2.29 bits per heavy atom. The van der Waals surface area contributed by atoms with Crippen LogP contribution in [0.25, 0.3) is 0 Å². The molecule has 2 aliphatic heterocycles. The SMILES string of the molecule is CN1CCCCC1CC1(C)OCC(CC#N)O1. The number of hydrogen-bond donors (Lipinski definition) is 0. The fourth-order valence-corrected chi connectivity index (χ4v) is 2.83. The molecule has 4 heteroatoms. The van der Waals surface area contributed by atoms with E-state index >= 15 is 0 Å². The van der Waals surface area contributed by atoms with Crippen LogP contribution in [0.2, 0.25) is 0 Å². The van der Waals surface area contributed by atoms with E-state index < -0.39 is 5.79 Å². The van der Waals surface area contributed by atoms with Gasteiger partial charge in [0, 0.05) is 12.5 Å². The van der Waals surface area contributed by atoms with E-state index in [1.807, 2.05) is 6.92 Å². The number of nitrogens with zero attached hydrogens (tertiary/aromatic N) is 2. The second-order valence-corrected chi connectivity index (χ2v) is 5.38. The lowest BCUT2D eigenvalue weighted by Crippen LogP contribution is -2.42. The standard InChI is InChI=1S/C13H22N2O2/c1-13(16-10-12(17-13)6-7-14)9-11-5-3-4-8-15(11)2/h11-12H,3-6,8-10H2,1-2H3. The zero-order chi connectivity index (χ0) is 12.3. The predicted octanol–water partition coefficient (Wildman–Crippen LogP) is 1.91. The fourth-order valence-electron chi connectivity index (χ4n) is 2.83. The van der Waals surface area contributed by atoms with Crippen molar-refractivity contribution in [2.45, 2.75) is 57.0 Å². The van der Waals surface area contributed by atoms with Crippen molar-refractivity contribution in [1.82, 2.24) is 4.90 Å². The quantitative estimate of drug-likeness (QED) is 0.753. The molecule has 2 aliphatic rings. The van der Waals surface area contributed by atoms with E-state index in [9.17, 15) is 0 Å². The molecule has 0 saturated carbocycles. The van der Waals surface area contributed by atoms with Crippen LogP contribution in [-0.4, -0.2) is 43.0 Å². The first-order valence-corrected chi connectivity index (χ1v) is 6.52. The average Bonchev–Trinajstić information content (AvgIpc) is 2.64. The molecular formula is C13H22N2O2. The molecule has 0 spiro atoms. The summed E-state index contributed by atoms with van der Waals surface area (Å²) in [5.74, 6) is -0.488. The summed E-state index contributed by atoms with van der Waals surface area (Å²) in [6.07, 6.45) is 5.11. The van der Waals surface area contributed by atoms with E-state index in [0.717, 1.165) is 6.42 Å². The van der Waals surface area contributed by atoms with Gasteiger partial charge in [0.2, 0.25) is 0 Å². The molecular weight excluding hydrogens is 216 g/mol. The molecule has 0 radical (unpaired) electrons. The van der Waals surface area contributed by atoms with Gasteiger partial charge >= 0.3 is 0 Å². The summed E-state index contributed by atoms with van der Waals surface area (Å²) in [5.41, 5.74) is 0. The van der Waals surface area contributed by atoms with Crippen molar-refractivity contribution in [1.29, 1.82) is 5.26 Å². The molecule has 2 heterocycles. The third-order valence-corrected chi connectivity index (χ3v) is 3.84. The highest BCUT2D eigenvalue weighted by Gasteiger charge is 2.40.